The van der Waals surface area contributed by atoms with Crippen LogP contribution >= 0.6 is 11.3 Å². The molecule has 1 aromatic rings. The van der Waals surface area contributed by atoms with E-state index in [0.717, 1.165) is 42.4 Å². The molecule has 0 aromatic carbocycles. The number of carbonyl (C=O) groups excluding carboxylic acids is 1. The molecule has 0 saturated carbocycles. The topological polar surface area (TPSA) is 58.1 Å². The fourth-order valence-corrected chi connectivity index (χ4v) is 2.95. The van der Waals surface area contributed by atoms with Crippen LogP contribution in [0.1, 0.15) is 29.3 Å². The summed E-state index contributed by atoms with van der Waals surface area (Å²) in [4.78, 5) is 14.0. The van der Waals surface area contributed by atoms with E-state index in [9.17, 15) is 4.79 Å². The second-order valence-electron chi connectivity index (χ2n) is 4.31. The highest BCUT2D eigenvalue weighted by molar-refractivity contribution is 7.11. The molecule has 1 aliphatic heterocycles. The summed E-state index contributed by atoms with van der Waals surface area (Å²) in [7, 11) is 1.70. The van der Waals surface area contributed by atoms with Gasteiger partial charge in [0.25, 0.3) is 0 Å². The molecule has 0 spiro atoms. The van der Waals surface area contributed by atoms with Gasteiger partial charge in [0.2, 0.25) is 5.91 Å². The first-order valence-corrected chi connectivity index (χ1v) is 6.77. The number of likely N-dealkylation sites (tertiary alicyclic amines) is 1. The Balaban J connectivity index is 2.03. The first kappa shape index (κ1) is 12.4. The Morgan fingerprint density at radius 2 is 2.35 bits per heavy atom. The Kier molecular flexibility index (Phi) is 4.06. The molecule has 94 valence electrons. The maximum absolute atomic E-state index is 11.8. The normalized spacial score (nSPS) is 21.4. The first-order valence-electron chi connectivity index (χ1n) is 5.95. The van der Waals surface area contributed by atoms with Gasteiger partial charge in [0.05, 0.1) is 12.6 Å². The minimum atomic E-state index is -0.00189. The third-order valence-electron chi connectivity index (χ3n) is 3.07. The van der Waals surface area contributed by atoms with E-state index in [4.69, 9.17) is 0 Å². The minimum absolute atomic E-state index is 0.00189. The van der Waals surface area contributed by atoms with Gasteiger partial charge in [-0.1, -0.05) is 6.42 Å². The van der Waals surface area contributed by atoms with Gasteiger partial charge in [0.15, 0.2) is 0 Å². The molecule has 1 unspecified atom stereocenters. The van der Waals surface area contributed by atoms with Crippen LogP contribution in [0.3, 0.4) is 0 Å². The quantitative estimate of drug-likeness (QED) is 0.872. The number of hydrogen-bond acceptors (Lipinski definition) is 5. The monoisotopic (exact) mass is 254 g/mol. The zero-order valence-corrected chi connectivity index (χ0v) is 11.1. The third-order valence-corrected chi connectivity index (χ3v) is 3.89. The summed E-state index contributed by atoms with van der Waals surface area (Å²) < 4.78 is 0. The van der Waals surface area contributed by atoms with E-state index in [-0.39, 0.29) is 11.9 Å². The number of amides is 1. The van der Waals surface area contributed by atoms with Gasteiger partial charge in [-0.15, -0.1) is 21.5 Å². The zero-order chi connectivity index (χ0) is 12.3. The van der Waals surface area contributed by atoms with Crippen molar-refractivity contribution in [2.24, 2.45) is 0 Å². The van der Waals surface area contributed by atoms with Crippen molar-refractivity contribution in [2.45, 2.75) is 38.8 Å². The van der Waals surface area contributed by atoms with E-state index in [2.05, 4.69) is 20.4 Å². The maximum Gasteiger partial charge on any atom is 0.237 e. The number of carbonyl (C=O) groups is 1. The van der Waals surface area contributed by atoms with Crippen molar-refractivity contribution in [3.05, 3.63) is 10.0 Å². The molecule has 1 fully saturated rings. The number of rotatable bonds is 3. The number of likely N-dealkylation sites (N-methyl/N-ethyl adjacent to an activating group) is 1. The van der Waals surface area contributed by atoms with Crippen molar-refractivity contribution in [3.63, 3.8) is 0 Å². The van der Waals surface area contributed by atoms with E-state index in [1.54, 1.807) is 18.4 Å². The Hall–Kier alpha value is -1.01. The van der Waals surface area contributed by atoms with Crippen LogP contribution in [-0.2, 0) is 11.3 Å². The lowest BCUT2D eigenvalue weighted by Crippen LogP contribution is -2.48. The van der Waals surface area contributed by atoms with E-state index in [1.165, 1.54) is 0 Å². The summed E-state index contributed by atoms with van der Waals surface area (Å²) in [5.74, 6) is 0.117. The standard InChI is InChI=1S/C11H18N4OS/c1-8-13-14-10(17-8)7-15-6-4-3-5-9(15)11(16)12-2/h9H,3-7H2,1-2H3,(H,12,16). The van der Waals surface area contributed by atoms with Crippen LogP contribution in [0.2, 0.25) is 0 Å². The number of piperidine rings is 1. The molecule has 5 nitrogen and oxygen atoms in total. The molecule has 2 rings (SSSR count). The highest BCUT2D eigenvalue weighted by atomic mass is 32.1. The molecular formula is C11H18N4OS. The van der Waals surface area contributed by atoms with Crippen LogP contribution < -0.4 is 5.32 Å². The number of aryl methyl sites for hydroxylation is 1. The minimum Gasteiger partial charge on any atom is -0.358 e. The molecule has 0 radical (unpaired) electrons. The second-order valence-corrected chi connectivity index (χ2v) is 5.58. The molecular weight excluding hydrogens is 236 g/mol. The van der Waals surface area contributed by atoms with Crippen molar-refractivity contribution in [1.82, 2.24) is 20.4 Å². The Morgan fingerprint density at radius 3 is 3.00 bits per heavy atom. The van der Waals surface area contributed by atoms with E-state index < -0.39 is 0 Å². The van der Waals surface area contributed by atoms with Crippen LogP contribution in [0.15, 0.2) is 0 Å². The number of nitrogens with one attached hydrogen (secondary N) is 1. The third kappa shape index (κ3) is 3.01. The number of nitrogens with zero attached hydrogens (tertiary/aromatic N) is 3. The van der Waals surface area contributed by atoms with Gasteiger partial charge in [-0.3, -0.25) is 9.69 Å². The SMILES string of the molecule is CNC(=O)C1CCCCN1Cc1nnc(C)s1. The molecule has 6 heteroatoms. The highest BCUT2D eigenvalue weighted by Crippen LogP contribution is 2.21. The van der Waals surface area contributed by atoms with Crippen LogP contribution in [-0.4, -0.2) is 40.6 Å². The maximum atomic E-state index is 11.8. The van der Waals surface area contributed by atoms with E-state index in [1.807, 2.05) is 6.92 Å². The molecule has 1 atom stereocenters. The number of aromatic nitrogens is 2. The predicted molar refractivity (Wildman–Crippen MR) is 66.8 cm³/mol. The summed E-state index contributed by atoms with van der Waals surface area (Å²) in [6.45, 7) is 3.66. The second kappa shape index (κ2) is 5.55. The van der Waals surface area contributed by atoms with Gasteiger partial charge in [-0.25, -0.2) is 0 Å². The fraction of sp³-hybridized carbons (Fsp3) is 0.727. The lowest BCUT2D eigenvalue weighted by Gasteiger charge is -2.33. The van der Waals surface area contributed by atoms with Crippen molar-refractivity contribution < 1.29 is 4.79 Å². The summed E-state index contributed by atoms with van der Waals surface area (Å²) >= 11 is 1.61. The van der Waals surface area contributed by atoms with Crippen molar-refractivity contribution in [2.75, 3.05) is 13.6 Å². The summed E-state index contributed by atoms with van der Waals surface area (Å²) in [5, 5.41) is 12.9. The van der Waals surface area contributed by atoms with Gasteiger partial charge in [-0.05, 0) is 26.3 Å². The van der Waals surface area contributed by atoms with Crippen LogP contribution in [0.5, 0.6) is 0 Å². The average Bonchev–Trinajstić information content (AvgIpc) is 2.74. The zero-order valence-electron chi connectivity index (χ0n) is 10.3. The molecule has 1 amide bonds. The largest absolute Gasteiger partial charge is 0.358 e. The van der Waals surface area contributed by atoms with Gasteiger partial charge in [0, 0.05) is 7.05 Å². The van der Waals surface area contributed by atoms with Gasteiger partial charge in [-0.2, -0.15) is 0 Å². The summed E-state index contributed by atoms with van der Waals surface area (Å²) in [6.07, 6.45) is 3.23. The molecule has 0 aliphatic carbocycles. The van der Waals surface area contributed by atoms with Gasteiger partial charge >= 0.3 is 0 Å². The van der Waals surface area contributed by atoms with Crippen LogP contribution in [0.4, 0.5) is 0 Å². The summed E-state index contributed by atoms with van der Waals surface area (Å²) in [6, 6.07) is -0.00189. The molecule has 1 saturated heterocycles. The van der Waals surface area contributed by atoms with E-state index in [0.29, 0.717) is 0 Å². The predicted octanol–water partition coefficient (Wildman–Crippen LogP) is 0.947. The molecule has 1 aliphatic rings. The molecule has 17 heavy (non-hydrogen) atoms. The fourth-order valence-electron chi connectivity index (χ4n) is 2.22. The Bertz CT molecular complexity index is 393. The average molecular weight is 254 g/mol. The Labute approximate surface area is 105 Å². The van der Waals surface area contributed by atoms with Gasteiger partial charge < -0.3 is 5.32 Å². The molecule has 1 N–H and O–H groups in total. The van der Waals surface area contributed by atoms with E-state index >= 15 is 0 Å². The molecule has 0 bridgehead atoms. The van der Waals surface area contributed by atoms with Gasteiger partial charge in [0.1, 0.15) is 10.0 Å². The van der Waals surface area contributed by atoms with Crippen LogP contribution in [0, 0.1) is 6.92 Å². The highest BCUT2D eigenvalue weighted by Gasteiger charge is 2.28. The molecule has 2 heterocycles. The lowest BCUT2D eigenvalue weighted by atomic mass is 10.0. The smallest absolute Gasteiger partial charge is 0.237 e. The lowest BCUT2D eigenvalue weighted by molar-refractivity contribution is -0.127. The molecule has 1 aromatic heterocycles. The number of hydrogen-bond donors (Lipinski definition) is 1. The first-order chi connectivity index (χ1) is 8.20. The van der Waals surface area contributed by atoms with Crippen LogP contribution in [0.25, 0.3) is 0 Å². The Morgan fingerprint density at radius 1 is 1.53 bits per heavy atom. The van der Waals surface area contributed by atoms with Crippen molar-refractivity contribution in [3.8, 4) is 0 Å². The van der Waals surface area contributed by atoms with Crippen molar-refractivity contribution in [1.29, 1.82) is 0 Å². The summed E-state index contributed by atoms with van der Waals surface area (Å²) in [5.41, 5.74) is 0. The van der Waals surface area contributed by atoms with Crippen molar-refractivity contribution >= 4 is 17.2 Å².